The van der Waals surface area contributed by atoms with Gasteiger partial charge in [0, 0.05) is 0 Å². The minimum absolute atomic E-state index is 0.156. The largest absolute Gasteiger partial charge is 0.439 e. The molecule has 1 aromatic rings. The third-order valence-electron chi connectivity index (χ3n) is 1.44. The van der Waals surface area contributed by atoms with Gasteiger partial charge >= 0.3 is 5.95 Å². The van der Waals surface area contributed by atoms with Crippen molar-refractivity contribution in [2.75, 3.05) is 0 Å². The summed E-state index contributed by atoms with van der Waals surface area (Å²) in [6.45, 7) is 4.00. The van der Waals surface area contributed by atoms with E-state index in [4.69, 9.17) is 0 Å². The Hall–Kier alpha value is -1.65. The summed E-state index contributed by atoms with van der Waals surface area (Å²) < 4.78 is 1.39. The molecule has 0 amide bonds. The number of rotatable bonds is 3. The number of allylic oxidation sites excluding steroid dienone is 1. The predicted molar refractivity (Wildman–Crippen MR) is 49.0 cm³/mol. The molecule has 0 fully saturated rings. The van der Waals surface area contributed by atoms with E-state index in [1.165, 1.54) is 10.8 Å². The summed E-state index contributed by atoms with van der Waals surface area (Å²) in [4.78, 5) is 13.5. The highest BCUT2D eigenvalue weighted by Gasteiger charge is 2.10. The van der Waals surface area contributed by atoms with Crippen LogP contribution in [0.1, 0.15) is 13.8 Å². The molecule has 0 saturated carbocycles. The molecule has 0 aliphatic carbocycles. The van der Waals surface area contributed by atoms with Crippen molar-refractivity contribution in [2.45, 2.75) is 13.8 Å². The Bertz CT molecular complexity index is 328. The van der Waals surface area contributed by atoms with E-state index in [9.17, 15) is 10.1 Å². The fourth-order valence-corrected chi connectivity index (χ4v) is 0.828. The Labute approximate surface area is 75.9 Å². The quantitative estimate of drug-likeness (QED) is 0.528. The predicted octanol–water partition coefficient (Wildman–Crippen LogP) is 1.92. The molecular weight excluding hydrogens is 170 g/mol. The van der Waals surface area contributed by atoms with E-state index in [0.29, 0.717) is 5.92 Å². The first-order chi connectivity index (χ1) is 6.11. The van der Waals surface area contributed by atoms with E-state index in [1.807, 2.05) is 19.9 Å². The summed E-state index contributed by atoms with van der Waals surface area (Å²) in [5, 5.41) is 10.4. The maximum atomic E-state index is 10.4. The molecule has 13 heavy (non-hydrogen) atoms. The second-order valence-electron chi connectivity index (χ2n) is 2.98. The second-order valence-corrected chi connectivity index (χ2v) is 2.98. The first-order valence-corrected chi connectivity index (χ1v) is 3.97. The van der Waals surface area contributed by atoms with Crippen LogP contribution in [0.25, 0.3) is 6.20 Å². The average molecular weight is 181 g/mol. The first kappa shape index (κ1) is 9.44. The van der Waals surface area contributed by atoms with Gasteiger partial charge in [-0.1, -0.05) is 18.8 Å². The van der Waals surface area contributed by atoms with Gasteiger partial charge in [-0.3, -0.25) is 0 Å². The van der Waals surface area contributed by atoms with Gasteiger partial charge in [-0.05, 0) is 16.9 Å². The van der Waals surface area contributed by atoms with Crippen molar-refractivity contribution in [1.82, 2.24) is 9.55 Å². The molecule has 0 bridgehead atoms. The van der Waals surface area contributed by atoms with Crippen molar-refractivity contribution < 1.29 is 4.92 Å². The number of aromatic nitrogens is 2. The smallest absolute Gasteiger partial charge is 0.390 e. The normalized spacial score (nSPS) is 11.3. The summed E-state index contributed by atoms with van der Waals surface area (Å²) in [7, 11) is 0. The zero-order chi connectivity index (χ0) is 9.84. The standard InChI is InChI=1S/C8H11N3O2/c1-7(2)3-5-10-6-4-9-8(10)11(12)13/h3-7H,1-2H3/b5-3+. The lowest BCUT2D eigenvalue weighted by Crippen LogP contribution is -1.96. The minimum Gasteiger partial charge on any atom is -0.390 e. The van der Waals surface area contributed by atoms with Crippen LogP contribution in [0, 0.1) is 16.0 Å². The van der Waals surface area contributed by atoms with Crippen molar-refractivity contribution in [3.8, 4) is 0 Å². The van der Waals surface area contributed by atoms with E-state index in [2.05, 4.69) is 4.98 Å². The molecule has 0 saturated heterocycles. The van der Waals surface area contributed by atoms with E-state index in [0.717, 1.165) is 0 Å². The molecule has 1 aromatic heterocycles. The molecule has 1 rings (SSSR count). The number of nitrogens with zero attached hydrogens (tertiary/aromatic N) is 3. The first-order valence-electron chi connectivity index (χ1n) is 3.97. The molecule has 0 unspecified atom stereocenters. The number of hydrogen-bond acceptors (Lipinski definition) is 3. The zero-order valence-corrected chi connectivity index (χ0v) is 7.54. The van der Waals surface area contributed by atoms with Crippen molar-refractivity contribution in [2.24, 2.45) is 5.92 Å². The number of nitro groups is 1. The van der Waals surface area contributed by atoms with Crippen molar-refractivity contribution >= 4 is 12.1 Å². The number of imidazole rings is 1. The Morgan fingerprint density at radius 3 is 2.92 bits per heavy atom. The highest BCUT2D eigenvalue weighted by Crippen LogP contribution is 2.08. The lowest BCUT2D eigenvalue weighted by molar-refractivity contribution is -0.395. The lowest BCUT2D eigenvalue weighted by Gasteiger charge is -1.95. The molecule has 0 radical (unpaired) electrons. The molecule has 5 nitrogen and oxygen atoms in total. The molecule has 0 aliphatic rings. The Kier molecular flexibility index (Phi) is 2.79. The summed E-state index contributed by atoms with van der Waals surface area (Å²) >= 11 is 0. The van der Waals surface area contributed by atoms with Gasteiger partial charge in [0.05, 0.1) is 6.20 Å². The summed E-state index contributed by atoms with van der Waals surface area (Å²) in [6, 6.07) is 0. The fraction of sp³-hybridized carbons (Fsp3) is 0.375. The second kappa shape index (κ2) is 3.84. The molecule has 1 heterocycles. The average Bonchev–Trinajstić information content (AvgIpc) is 2.47. The monoisotopic (exact) mass is 181 g/mol. The van der Waals surface area contributed by atoms with Crippen LogP contribution in [0.15, 0.2) is 18.5 Å². The fourth-order valence-electron chi connectivity index (χ4n) is 0.828. The van der Waals surface area contributed by atoms with Crippen LogP contribution in [-0.2, 0) is 0 Å². The maximum absolute atomic E-state index is 10.4. The van der Waals surface area contributed by atoms with Gasteiger partial charge in [0.25, 0.3) is 0 Å². The Morgan fingerprint density at radius 2 is 2.38 bits per heavy atom. The zero-order valence-electron chi connectivity index (χ0n) is 7.54. The van der Waals surface area contributed by atoms with Crippen molar-refractivity contribution in [1.29, 1.82) is 0 Å². The molecule has 70 valence electrons. The van der Waals surface area contributed by atoms with Gasteiger partial charge in [0.2, 0.25) is 0 Å². The summed E-state index contributed by atoms with van der Waals surface area (Å²) in [5.41, 5.74) is 0. The van der Waals surface area contributed by atoms with Gasteiger partial charge in [0.15, 0.2) is 0 Å². The van der Waals surface area contributed by atoms with E-state index < -0.39 is 4.92 Å². The Balaban J connectivity index is 2.88. The molecule has 0 atom stereocenters. The van der Waals surface area contributed by atoms with Crippen molar-refractivity contribution in [3.05, 3.63) is 28.6 Å². The molecule has 0 N–H and O–H groups in total. The molecular formula is C8H11N3O2. The topological polar surface area (TPSA) is 61.0 Å². The van der Waals surface area contributed by atoms with Gasteiger partial charge in [0.1, 0.15) is 12.4 Å². The van der Waals surface area contributed by atoms with Crippen LogP contribution < -0.4 is 0 Å². The molecule has 0 spiro atoms. The molecule has 0 aromatic carbocycles. The molecule has 0 aliphatic heterocycles. The van der Waals surface area contributed by atoms with E-state index >= 15 is 0 Å². The third-order valence-corrected chi connectivity index (χ3v) is 1.44. The van der Waals surface area contributed by atoms with Crippen LogP contribution in [0.2, 0.25) is 0 Å². The van der Waals surface area contributed by atoms with Gasteiger partial charge in [-0.2, -0.15) is 0 Å². The van der Waals surface area contributed by atoms with Crippen LogP contribution >= 0.6 is 0 Å². The minimum atomic E-state index is -0.509. The summed E-state index contributed by atoms with van der Waals surface area (Å²) in [6.07, 6.45) is 6.48. The lowest BCUT2D eigenvalue weighted by atomic mass is 10.2. The van der Waals surface area contributed by atoms with Crippen molar-refractivity contribution in [3.63, 3.8) is 0 Å². The van der Waals surface area contributed by atoms with Gasteiger partial charge < -0.3 is 10.1 Å². The van der Waals surface area contributed by atoms with Gasteiger partial charge in [-0.15, -0.1) is 0 Å². The third kappa shape index (κ3) is 2.40. The van der Waals surface area contributed by atoms with E-state index in [-0.39, 0.29) is 5.95 Å². The Morgan fingerprint density at radius 1 is 1.69 bits per heavy atom. The number of hydrogen-bond donors (Lipinski definition) is 0. The van der Waals surface area contributed by atoms with Gasteiger partial charge in [-0.25, -0.2) is 4.57 Å². The van der Waals surface area contributed by atoms with E-state index in [1.54, 1.807) is 12.4 Å². The highest BCUT2D eigenvalue weighted by molar-refractivity contribution is 5.30. The van der Waals surface area contributed by atoms with Crippen LogP contribution in [0.3, 0.4) is 0 Å². The highest BCUT2D eigenvalue weighted by atomic mass is 16.6. The maximum Gasteiger partial charge on any atom is 0.439 e. The molecule has 5 heteroatoms. The van der Waals surface area contributed by atoms with Crippen LogP contribution in [-0.4, -0.2) is 14.5 Å². The van der Waals surface area contributed by atoms with Crippen LogP contribution in [0.5, 0.6) is 0 Å². The summed E-state index contributed by atoms with van der Waals surface area (Å²) in [5.74, 6) is 0.207. The SMILES string of the molecule is CC(C)/C=C/n1ccnc1[N+](=O)[O-]. The van der Waals surface area contributed by atoms with Crippen LogP contribution in [0.4, 0.5) is 5.95 Å².